The van der Waals surface area contributed by atoms with Crippen LogP contribution in [-0.2, 0) is 6.54 Å². The molecule has 0 spiro atoms. The van der Waals surface area contributed by atoms with Crippen LogP contribution in [0.1, 0.15) is 25.0 Å². The Balaban J connectivity index is 2.04. The molecule has 1 aliphatic rings. The lowest BCUT2D eigenvalue weighted by Crippen LogP contribution is -2.57. The van der Waals surface area contributed by atoms with Gasteiger partial charge in [0.1, 0.15) is 0 Å². The topological polar surface area (TPSA) is 32.5 Å². The molecule has 3 heteroatoms. The van der Waals surface area contributed by atoms with Gasteiger partial charge in [-0.25, -0.2) is 0 Å². The summed E-state index contributed by atoms with van der Waals surface area (Å²) in [5.74, 6) is 0. The Bertz CT molecular complexity index is 426. The highest BCUT2D eigenvalue weighted by Gasteiger charge is 2.30. The Morgan fingerprint density at radius 1 is 1.28 bits per heavy atom. The number of piperazine rings is 1. The molecule has 0 amide bonds. The van der Waals surface area contributed by atoms with Crippen LogP contribution in [0.25, 0.3) is 0 Å². The summed E-state index contributed by atoms with van der Waals surface area (Å²) in [6.45, 7) is 11.0. The van der Waals surface area contributed by atoms with Crippen LogP contribution in [0.15, 0.2) is 18.2 Å². The zero-order valence-electron chi connectivity index (χ0n) is 12.0. The van der Waals surface area contributed by atoms with Crippen molar-refractivity contribution in [3.63, 3.8) is 0 Å². The maximum Gasteiger partial charge on any atom is 0.0346 e. The van der Waals surface area contributed by atoms with E-state index in [9.17, 15) is 0 Å². The van der Waals surface area contributed by atoms with E-state index in [0.717, 1.165) is 37.4 Å². The molecule has 1 aliphatic heterocycles. The number of nitrogens with two attached hydrogens (primary N) is 1. The van der Waals surface area contributed by atoms with E-state index in [4.69, 9.17) is 5.73 Å². The molecular weight excluding hydrogens is 222 g/mol. The molecule has 1 saturated heterocycles. The second-order valence-electron chi connectivity index (χ2n) is 6.14. The van der Waals surface area contributed by atoms with E-state index in [0.29, 0.717) is 0 Å². The fourth-order valence-electron chi connectivity index (χ4n) is 2.52. The quantitative estimate of drug-likeness (QED) is 0.812. The highest BCUT2D eigenvalue weighted by Crippen LogP contribution is 2.21. The van der Waals surface area contributed by atoms with Gasteiger partial charge in [-0.05, 0) is 45.0 Å². The molecule has 0 aliphatic carbocycles. The van der Waals surface area contributed by atoms with Gasteiger partial charge in [-0.1, -0.05) is 12.1 Å². The molecule has 1 aromatic rings. The summed E-state index contributed by atoms with van der Waals surface area (Å²) in [5.41, 5.74) is 9.62. The Labute approximate surface area is 111 Å². The normalized spacial score (nSPS) is 21.1. The molecule has 2 N–H and O–H groups in total. The second kappa shape index (κ2) is 4.90. The Hall–Kier alpha value is -1.06. The van der Waals surface area contributed by atoms with Crippen molar-refractivity contribution in [2.24, 2.45) is 0 Å². The van der Waals surface area contributed by atoms with Crippen molar-refractivity contribution in [2.45, 2.75) is 32.9 Å². The van der Waals surface area contributed by atoms with Crippen LogP contribution in [0.3, 0.4) is 0 Å². The number of likely N-dealkylation sites (N-methyl/N-ethyl adjacent to an activating group) is 1. The van der Waals surface area contributed by atoms with Gasteiger partial charge in [0.05, 0.1) is 0 Å². The van der Waals surface area contributed by atoms with Gasteiger partial charge >= 0.3 is 0 Å². The van der Waals surface area contributed by atoms with E-state index in [2.05, 4.69) is 55.8 Å². The number of hydrogen-bond acceptors (Lipinski definition) is 3. The summed E-state index contributed by atoms with van der Waals surface area (Å²) in [7, 11) is 2.21. The van der Waals surface area contributed by atoms with Crippen LogP contribution in [0.5, 0.6) is 0 Å². The summed E-state index contributed by atoms with van der Waals surface area (Å²) in [6.07, 6.45) is 0. The van der Waals surface area contributed by atoms with Crippen molar-refractivity contribution in [1.29, 1.82) is 0 Å². The number of benzene rings is 1. The lowest BCUT2D eigenvalue weighted by molar-refractivity contribution is 0.0360. The lowest BCUT2D eigenvalue weighted by Gasteiger charge is -2.45. The molecule has 0 radical (unpaired) electrons. The van der Waals surface area contributed by atoms with Crippen LogP contribution in [-0.4, -0.2) is 42.0 Å². The van der Waals surface area contributed by atoms with E-state index in [-0.39, 0.29) is 5.54 Å². The molecular formula is C15H25N3. The van der Waals surface area contributed by atoms with Crippen LogP contribution in [0, 0.1) is 6.92 Å². The number of aryl methyl sites for hydroxylation is 1. The first-order valence-electron chi connectivity index (χ1n) is 6.67. The Morgan fingerprint density at radius 3 is 2.61 bits per heavy atom. The van der Waals surface area contributed by atoms with Crippen LogP contribution in [0.4, 0.5) is 5.69 Å². The predicted molar refractivity (Wildman–Crippen MR) is 77.6 cm³/mol. The van der Waals surface area contributed by atoms with Crippen molar-refractivity contribution in [1.82, 2.24) is 9.80 Å². The summed E-state index contributed by atoms with van der Waals surface area (Å²) in [4.78, 5) is 4.96. The minimum atomic E-state index is 0.258. The van der Waals surface area contributed by atoms with Crippen molar-refractivity contribution in [3.05, 3.63) is 29.3 Å². The lowest BCUT2D eigenvalue weighted by atomic mass is 9.99. The predicted octanol–water partition coefficient (Wildman–Crippen LogP) is 2.10. The molecule has 0 bridgehead atoms. The first kappa shape index (κ1) is 13.4. The van der Waals surface area contributed by atoms with Crippen LogP contribution in [0.2, 0.25) is 0 Å². The first-order chi connectivity index (χ1) is 8.38. The van der Waals surface area contributed by atoms with E-state index < -0.39 is 0 Å². The van der Waals surface area contributed by atoms with Gasteiger partial charge in [-0.2, -0.15) is 0 Å². The molecule has 0 atom stereocenters. The fourth-order valence-corrected chi connectivity index (χ4v) is 2.52. The van der Waals surface area contributed by atoms with Gasteiger partial charge in [0, 0.05) is 37.4 Å². The van der Waals surface area contributed by atoms with Gasteiger partial charge in [0.2, 0.25) is 0 Å². The maximum absolute atomic E-state index is 5.97. The van der Waals surface area contributed by atoms with Gasteiger partial charge in [0.15, 0.2) is 0 Å². The highest BCUT2D eigenvalue weighted by atomic mass is 15.3. The molecule has 100 valence electrons. The van der Waals surface area contributed by atoms with Gasteiger partial charge in [-0.15, -0.1) is 0 Å². The van der Waals surface area contributed by atoms with Crippen LogP contribution < -0.4 is 5.73 Å². The zero-order chi connectivity index (χ0) is 13.3. The molecule has 1 heterocycles. The molecule has 2 rings (SSSR count). The monoisotopic (exact) mass is 247 g/mol. The van der Waals surface area contributed by atoms with Gasteiger partial charge < -0.3 is 5.73 Å². The van der Waals surface area contributed by atoms with Crippen LogP contribution >= 0.6 is 0 Å². The molecule has 3 nitrogen and oxygen atoms in total. The summed E-state index contributed by atoms with van der Waals surface area (Å²) in [5, 5.41) is 0. The molecule has 1 fully saturated rings. The number of rotatable bonds is 2. The van der Waals surface area contributed by atoms with Gasteiger partial charge in [0.25, 0.3) is 0 Å². The van der Waals surface area contributed by atoms with E-state index in [1.54, 1.807) is 0 Å². The Morgan fingerprint density at radius 2 is 2.00 bits per heavy atom. The highest BCUT2D eigenvalue weighted by molar-refractivity contribution is 5.48. The third-order valence-corrected chi connectivity index (χ3v) is 4.15. The number of hydrogen-bond donors (Lipinski definition) is 1. The number of nitrogen functional groups attached to an aromatic ring is 1. The molecule has 18 heavy (non-hydrogen) atoms. The van der Waals surface area contributed by atoms with Crippen molar-refractivity contribution in [3.8, 4) is 0 Å². The standard InChI is InChI=1S/C15H25N3/c1-12-5-6-13(9-14(12)16)10-18-8-7-17(4)15(2,3)11-18/h5-6,9H,7-8,10-11,16H2,1-4H3. The van der Waals surface area contributed by atoms with Gasteiger partial charge in [-0.3, -0.25) is 9.80 Å². The van der Waals surface area contributed by atoms with E-state index in [1.807, 2.05) is 0 Å². The van der Waals surface area contributed by atoms with Crippen molar-refractivity contribution < 1.29 is 0 Å². The molecule has 0 saturated carbocycles. The summed E-state index contributed by atoms with van der Waals surface area (Å²) in [6, 6.07) is 6.42. The number of anilines is 1. The average Bonchev–Trinajstić information content (AvgIpc) is 2.28. The zero-order valence-corrected chi connectivity index (χ0v) is 12.0. The largest absolute Gasteiger partial charge is 0.399 e. The third kappa shape index (κ3) is 2.85. The second-order valence-corrected chi connectivity index (χ2v) is 6.14. The molecule has 0 aromatic heterocycles. The van der Waals surface area contributed by atoms with E-state index in [1.165, 1.54) is 5.56 Å². The maximum atomic E-state index is 5.97. The minimum Gasteiger partial charge on any atom is -0.399 e. The Kier molecular flexibility index (Phi) is 3.64. The van der Waals surface area contributed by atoms with Crippen molar-refractivity contribution in [2.75, 3.05) is 32.4 Å². The fraction of sp³-hybridized carbons (Fsp3) is 0.600. The average molecular weight is 247 g/mol. The number of nitrogens with zero attached hydrogens (tertiary/aromatic N) is 2. The SMILES string of the molecule is Cc1ccc(CN2CCN(C)C(C)(C)C2)cc1N. The molecule has 0 unspecified atom stereocenters. The minimum absolute atomic E-state index is 0.258. The smallest absolute Gasteiger partial charge is 0.0346 e. The van der Waals surface area contributed by atoms with E-state index >= 15 is 0 Å². The molecule has 1 aromatic carbocycles. The summed E-state index contributed by atoms with van der Waals surface area (Å²) < 4.78 is 0. The summed E-state index contributed by atoms with van der Waals surface area (Å²) >= 11 is 0. The van der Waals surface area contributed by atoms with Crippen molar-refractivity contribution >= 4 is 5.69 Å². The third-order valence-electron chi connectivity index (χ3n) is 4.15. The first-order valence-corrected chi connectivity index (χ1v) is 6.67.